The van der Waals surface area contributed by atoms with Crippen molar-refractivity contribution < 1.29 is 19.0 Å². The zero-order valence-corrected chi connectivity index (χ0v) is 13.1. The molecule has 1 N–H and O–H groups in total. The van der Waals surface area contributed by atoms with Crippen molar-refractivity contribution in [3.05, 3.63) is 65.3 Å². The van der Waals surface area contributed by atoms with E-state index in [2.05, 4.69) is 0 Å². The van der Waals surface area contributed by atoms with Crippen LogP contribution in [-0.4, -0.2) is 18.2 Å². The molecule has 1 heterocycles. The Morgan fingerprint density at radius 1 is 1.04 bits per heavy atom. The fraction of sp³-hybridized carbons (Fsp3) is 0.0556. The van der Waals surface area contributed by atoms with Crippen molar-refractivity contribution in [1.29, 1.82) is 0 Å². The second-order valence-electron chi connectivity index (χ2n) is 4.89. The van der Waals surface area contributed by atoms with Crippen LogP contribution in [-0.2, 0) is 0 Å². The van der Waals surface area contributed by atoms with Crippen LogP contribution in [0.4, 0.5) is 4.39 Å². The molecule has 0 bridgehead atoms. The molecule has 0 radical (unpaired) electrons. The van der Waals surface area contributed by atoms with Crippen molar-refractivity contribution in [3.8, 4) is 27.3 Å². The van der Waals surface area contributed by atoms with Crippen LogP contribution in [0.25, 0.3) is 21.6 Å². The maximum Gasteiger partial charge on any atom is 0.345 e. The minimum atomic E-state index is -0.974. The first-order chi connectivity index (χ1) is 11.1. The fourth-order valence-electron chi connectivity index (χ4n) is 2.30. The first-order valence-corrected chi connectivity index (χ1v) is 7.67. The number of hydrogen-bond acceptors (Lipinski definition) is 3. The Morgan fingerprint density at radius 3 is 2.22 bits per heavy atom. The van der Waals surface area contributed by atoms with Crippen molar-refractivity contribution in [1.82, 2.24) is 0 Å². The van der Waals surface area contributed by atoms with Gasteiger partial charge in [0.2, 0.25) is 0 Å². The highest BCUT2D eigenvalue weighted by atomic mass is 32.1. The molecule has 0 saturated carbocycles. The van der Waals surface area contributed by atoms with E-state index in [0.717, 1.165) is 27.3 Å². The van der Waals surface area contributed by atoms with E-state index in [-0.39, 0.29) is 10.7 Å². The third-order valence-electron chi connectivity index (χ3n) is 3.45. The number of benzene rings is 2. The maximum absolute atomic E-state index is 13.1. The zero-order valence-electron chi connectivity index (χ0n) is 12.2. The number of thiophene rings is 1. The number of carboxylic acid groups (broad SMARTS) is 1. The minimum absolute atomic E-state index is 0.246. The number of ether oxygens (including phenoxy) is 1. The summed E-state index contributed by atoms with van der Waals surface area (Å²) in [5.74, 6) is -0.571. The SMILES string of the molecule is COc1ccc(-c2cc(C(=O)O)sc2-c2ccc(F)cc2)cc1. The van der Waals surface area contributed by atoms with E-state index in [0.29, 0.717) is 0 Å². The van der Waals surface area contributed by atoms with Gasteiger partial charge in [-0.3, -0.25) is 0 Å². The van der Waals surface area contributed by atoms with Crippen LogP contribution in [0.15, 0.2) is 54.6 Å². The first-order valence-electron chi connectivity index (χ1n) is 6.86. The van der Waals surface area contributed by atoms with E-state index in [9.17, 15) is 14.3 Å². The average molecular weight is 328 g/mol. The molecule has 0 aliphatic heterocycles. The molecule has 0 aliphatic carbocycles. The summed E-state index contributed by atoms with van der Waals surface area (Å²) in [6, 6.07) is 15.1. The lowest BCUT2D eigenvalue weighted by atomic mass is 10.0. The fourth-order valence-corrected chi connectivity index (χ4v) is 3.32. The van der Waals surface area contributed by atoms with Crippen LogP contribution >= 0.6 is 11.3 Å². The summed E-state index contributed by atoms with van der Waals surface area (Å²) in [5.41, 5.74) is 2.48. The quantitative estimate of drug-likeness (QED) is 0.739. The molecule has 5 heteroatoms. The van der Waals surface area contributed by atoms with Gasteiger partial charge in [-0.1, -0.05) is 24.3 Å². The number of aromatic carboxylic acids is 1. The predicted octanol–water partition coefficient (Wildman–Crippen LogP) is 4.93. The largest absolute Gasteiger partial charge is 0.497 e. The van der Waals surface area contributed by atoms with E-state index in [1.165, 1.54) is 23.5 Å². The number of carboxylic acids is 1. The van der Waals surface area contributed by atoms with Crippen molar-refractivity contribution in [2.24, 2.45) is 0 Å². The summed E-state index contributed by atoms with van der Waals surface area (Å²) < 4.78 is 18.3. The standard InChI is InChI=1S/C18H13FO3S/c1-22-14-8-4-11(5-9-14)15-10-16(18(20)21)23-17(15)12-2-6-13(19)7-3-12/h2-10H,1H3,(H,20,21). The van der Waals surface area contributed by atoms with Gasteiger partial charge in [0, 0.05) is 10.4 Å². The second-order valence-corrected chi connectivity index (χ2v) is 5.95. The van der Waals surface area contributed by atoms with Gasteiger partial charge in [0.15, 0.2) is 0 Å². The molecule has 3 aromatic rings. The molecule has 3 rings (SSSR count). The van der Waals surface area contributed by atoms with E-state index in [1.807, 2.05) is 24.3 Å². The van der Waals surface area contributed by atoms with Crippen LogP contribution in [0, 0.1) is 5.82 Å². The Hall–Kier alpha value is -2.66. The van der Waals surface area contributed by atoms with Gasteiger partial charge in [0.1, 0.15) is 16.4 Å². The second kappa shape index (κ2) is 6.22. The molecule has 116 valence electrons. The topological polar surface area (TPSA) is 46.5 Å². The lowest BCUT2D eigenvalue weighted by Crippen LogP contribution is -1.89. The summed E-state index contributed by atoms with van der Waals surface area (Å²) in [4.78, 5) is 12.4. The van der Waals surface area contributed by atoms with Gasteiger partial charge in [-0.05, 0) is 41.5 Å². The van der Waals surface area contributed by atoms with Gasteiger partial charge in [-0.15, -0.1) is 11.3 Å². The highest BCUT2D eigenvalue weighted by Crippen LogP contribution is 2.39. The Bertz CT molecular complexity index is 836. The number of methoxy groups -OCH3 is 1. The molecule has 0 fully saturated rings. The van der Waals surface area contributed by atoms with Crippen LogP contribution < -0.4 is 4.74 Å². The van der Waals surface area contributed by atoms with Crippen LogP contribution in [0.2, 0.25) is 0 Å². The molecule has 0 amide bonds. The first kappa shape index (κ1) is 15.2. The summed E-state index contributed by atoms with van der Waals surface area (Å²) >= 11 is 1.18. The van der Waals surface area contributed by atoms with Crippen LogP contribution in [0.5, 0.6) is 5.75 Å². The van der Waals surface area contributed by atoms with Crippen molar-refractivity contribution in [2.75, 3.05) is 7.11 Å². The number of rotatable bonds is 4. The molecule has 0 atom stereocenters. The van der Waals surface area contributed by atoms with Gasteiger partial charge in [-0.2, -0.15) is 0 Å². The van der Waals surface area contributed by atoms with Gasteiger partial charge in [0.25, 0.3) is 0 Å². The molecule has 0 unspecified atom stereocenters. The highest BCUT2D eigenvalue weighted by Gasteiger charge is 2.16. The number of hydrogen-bond donors (Lipinski definition) is 1. The van der Waals surface area contributed by atoms with Gasteiger partial charge in [-0.25, -0.2) is 9.18 Å². The Balaban J connectivity index is 2.13. The van der Waals surface area contributed by atoms with E-state index >= 15 is 0 Å². The maximum atomic E-state index is 13.1. The third kappa shape index (κ3) is 3.10. The summed E-state index contributed by atoms with van der Waals surface area (Å²) in [6.07, 6.45) is 0. The Morgan fingerprint density at radius 2 is 1.65 bits per heavy atom. The minimum Gasteiger partial charge on any atom is -0.497 e. The summed E-state index contributed by atoms with van der Waals surface area (Å²) in [5, 5.41) is 9.27. The van der Waals surface area contributed by atoms with Crippen molar-refractivity contribution >= 4 is 17.3 Å². The smallest absolute Gasteiger partial charge is 0.345 e. The normalized spacial score (nSPS) is 10.5. The molecule has 0 aliphatic rings. The molecule has 2 aromatic carbocycles. The lowest BCUT2D eigenvalue weighted by Gasteiger charge is -2.06. The number of carbonyl (C=O) groups is 1. The molecular weight excluding hydrogens is 315 g/mol. The third-order valence-corrected chi connectivity index (χ3v) is 4.62. The van der Waals surface area contributed by atoms with Crippen molar-refractivity contribution in [3.63, 3.8) is 0 Å². The molecule has 0 saturated heterocycles. The van der Waals surface area contributed by atoms with Gasteiger partial charge < -0.3 is 9.84 Å². The molecule has 23 heavy (non-hydrogen) atoms. The monoisotopic (exact) mass is 328 g/mol. The summed E-state index contributed by atoms with van der Waals surface area (Å²) in [7, 11) is 1.59. The predicted molar refractivity (Wildman–Crippen MR) is 88.7 cm³/mol. The van der Waals surface area contributed by atoms with E-state index < -0.39 is 5.97 Å². The van der Waals surface area contributed by atoms with E-state index in [4.69, 9.17) is 4.74 Å². The highest BCUT2D eigenvalue weighted by molar-refractivity contribution is 7.18. The van der Waals surface area contributed by atoms with Crippen molar-refractivity contribution in [2.45, 2.75) is 0 Å². The number of halogens is 1. The zero-order chi connectivity index (χ0) is 16.4. The average Bonchev–Trinajstić information content (AvgIpc) is 3.01. The summed E-state index contributed by atoms with van der Waals surface area (Å²) in [6.45, 7) is 0. The molecule has 0 spiro atoms. The molecular formula is C18H13FO3S. The Kier molecular flexibility index (Phi) is 4.12. The molecule has 3 nitrogen and oxygen atoms in total. The van der Waals surface area contributed by atoms with Gasteiger partial charge in [0.05, 0.1) is 7.11 Å². The van der Waals surface area contributed by atoms with Gasteiger partial charge >= 0.3 is 5.97 Å². The Labute approximate surface area is 136 Å². The van der Waals surface area contributed by atoms with Crippen LogP contribution in [0.1, 0.15) is 9.67 Å². The molecule has 1 aromatic heterocycles. The lowest BCUT2D eigenvalue weighted by molar-refractivity contribution is 0.0702. The van der Waals surface area contributed by atoms with E-state index in [1.54, 1.807) is 25.3 Å². The van der Waals surface area contributed by atoms with Crippen LogP contribution in [0.3, 0.4) is 0 Å².